The predicted octanol–water partition coefficient (Wildman–Crippen LogP) is 1.29. The molecule has 0 amide bonds. The van der Waals surface area contributed by atoms with Crippen LogP contribution in [-0.4, -0.2) is 86.9 Å². The van der Waals surface area contributed by atoms with E-state index in [1.54, 1.807) is 0 Å². The summed E-state index contributed by atoms with van der Waals surface area (Å²) in [6, 6.07) is 0.504. The van der Waals surface area contributed by atoms with Crippen molar-refractivity contribution in [1.29, 1.82) is 0 Å². The van der Waals surface area contributed by atoms with Crippen molar-refractivity contribution in [2.45, 2.75) is 45.8 Å². The molecule has 0 radical (unpaired) electrons. The van der Waals surface area contributed by atoms with Crippen molar-refractivity contribution in [2.24, 2.45) is 22.5 Å². The van der Waals surface area contributed by atoms with Gasteiger partial charge in [0.1, 0.15) is 0 Å². The number of ether oxygens (including phenoxy) is 1. The minimum absolute atomic E-state index is 0.205. The van der Waals surface area contributed by atoms with Crippen molar-refractivity contribution in [3.8, 4) is 0 Å². The molecule has 2 atom stereocenters. The van der Waals surface area contributed by atoms with Gasteiger partial charge in [0.25, 0.3) is 0 Å². The van der Waals surface area contributed by atoms with Crippen LogP contribution in [-0.2, 0) is 4.74 Å². The molecule has 5 heteroatoms. The number of piperidine rings is 2. The fourth-order valence-electron chi connectivity index (χ4n) is 6.21. The standard InChI is InChI=1S/C19H38N4O/c1-6-15-7-16(8-20)23(9-15)14-24-17-18(2)10-21(4)12-19(17,3)13-22(5)11-18/h15-17H,6-14,20H2,1-5H3. The first-order valence-corrected chi connectivity index (χ1v) is 9.72. The molecular formula is C19H38N4O. The van der Waals surface area contributed by atoms with Crippen LogP contribution in [0.5, 0.6) is 0 Å². The maximum atomic E-state index is 6.68. The highest BCUT2D eigenvalue weighted by Gasteiger charge is 2.55. The number of rotatable bonds is 5. The quantitative estimate of drug-likeness (QED) is 0.818. The number of likely N-dealkylation sites (tertiary alicyclic amines) is 3. The highest BCUT2D eigenvalue weighted by atomic mass is 16.5. The first-order chi connectivity index (χ1) is 11.3. The molecule has 140 valence electrons. The lowest BCUT2D eigenvalue weighted by molar-refractivity contribution is -0.207. The van der Waals surface area contributed by atoms with Crippen LogP contribution in [0.4, 0.5) is 0 Å². The fraction of sp³-hybridized carbons (Fsp3) is 1.00. The lowest BCUT2D eigenvalue weighted by Gasteiger charge is -2.60. The van der Waals surface area contributed by atoms with Gasteiger partial charge in [0.2, 0.25) is 0 Å². The van der Waals surface area contributed by atoms with E-state index in [1.807, 2.05) is 0 Å². The first kappa shape index (κ1) is 18.6. The van der Waals surface area contributed by atoms with Gasteiger partial charge in [0.15, 0.2) is 0 Å². The van der Waals surface area contributed by atoms with Crippen LogP contribution in [0.15, 0.2) is 0 Å². The van der Waals surface area contributed by atoms with E-state index in [2.05, 4.69) is 49.6 Å². The second-order valence-electron chi connectivity index (χ2n) is 9.50. The zero-order valence-electron chi connectivity index (χ0n) is 16.4. The van der Waals surface area contributed by atoms with Gasteiger partial charge in [-0.3, -0.25) is 4.90 Å². The molecule has 0 aromatic carbocycles. The molecule has 3 aliphatic rings. The van der Waals surface area contributed by atoms with E-state index in [0.717, 1.165) is 51.9 Å². The maximum Gasteiger partial charge on any atom is 0.0997 e. The summed E-state index contributed by atoms with van der Waals surface area (Å²) in [5.74, 6) is 0.788. The summed E-state index contributed by atoms with van der Waals surface area (Å²) >= 11 is 0. The molecule has 3 aliphatic heterocycles. The monoisotopic (exact) mass is 338 g/mol. The Bertz CT molecular complexity index is 407. The minimum atomic E-state index is 0.205. The van der Waals surface area contributed by atoms with Gasteiger partial charge in [-0.1, -0.05) is 27.2 Å². The molecule has 2 unspecified atom stereocenters. The Kier molecular flexibility index (Phi) is 5.30. The zero-order valence-corrected chi connectivity index (χ0v) is 16.4. The summed E-state index contributed by atoms with van der Waals surface area (Å²) in [5, 5.41) is 0. The van der Waals surface area contributed by atoms with E-state index in [-0.39, 0.29) is 10.8 Å². The van der Waals surface area contributed by atoms with E-state index < -0.39 is 0 Å². The van der Waals surface area contributed by atoms with Crippen LogP contribution in [0.1, 0.15) is 33.6 Å². The summed E-state index contributed by atoms with van der Waals surface area (Å²) in [6.45, 7) is 14.3. The smallest absolute Gasteiger partial charge is 0.0997 e. The third-order valence-corrected chi connectivity index (χ3v) is 6.66. The van der Waals surface area contributed by atoms with Gasteiger partial charge in [0.05, 0.1) is 12.8 Å². The van der Waals surface area contributed by atoms with E-state index in [0.29, 0.717) is 12.1 Å². The molecule has 3 saturated heterocycles. The maximum absolute atomic E-state index is 6.68. The molecule has 0 aromatic rings. The van der Waals surface area contributed by atoms with E-state index in [1.165, 1.54) is 12.8 Å². The van der Waals surface area contributed by atoms with Crippen molar-refractivity contribution in [3.05, 3.63) is 0 Å². The Morgan fingerprint density at radius 3 is 2.04 bits per heavy atom. The Morgan fingerprint density at radius 2 is 1.58 bits per heavy atom. The van der Waals surface area contributed by atoms with Crippen LogP contribution in [0.2, 0.25) is 0 Å². The van der Waals surface area contributed by atoms with Gasteiger partial charge in [-0.15, -0.1) is 0 Å². The highest BCUT2D eigenvalue weighted by molar-refractivity contribution is 5.07. The Labute approximate surface area is 148 Å². The van der Waals surface area contributed by atoms with Gasteiger partial charge in [0, 0.05) is 56.1 Å². The highest BCUT2D eigenvalue weighted by Crippen LogP contribution is 2.47. The molecule has 0 aliphatic carbocycles. The SMILES string of the molecule is CCC1CC(CN)N(COC2C3(C)CN(C)CC2(C)CN(C)C3)C1. The summed E-state index contributed by atoms with van der Waals surface area (Å²) < 4.78 is 6.68. The number of nitrogens with two attached hydrogens (primary N) is 1. The van der Waals surface area contributed by atoms with Crippen LogP contribution < -0.4 is 5.73 Å². The summed E-state index contributed by atoms with van der Waals surface area (Å²) in [5.41, 5.74) is 6.43. The molecule has 2 bridgehead atoms. The molecule has 0 spiro atoms. The van der Waals surface area contributed by atoms with Crippen molar-refractivity contribution >= 4 is 0 Å². The van der Waals surface area contributed by atoms with Crippen LogP contribution >= 0.6 is 0 Å². The second-order valence-corrected chi connectivity index (χ2v) is 9.50. The lowest BCUT2D eigenvalue weighted by Crippen LogP contribution is -2.70. The van der Waals surface area contributed by atoms with Gasteiger partial charge in [-0.2, -0.15) is 0 Å². The summed E-state index contributed by atoms with van der Waals surface area (Å²) in [7, 11) is 4.52. The van der Waals surface area contributed by atoms with E-state index in [4.69, 9.17) is 10.5 Å². The van der Waals surface area contributed by atoms with Gasteiger partial charge < -0.3 is 20.3 Å². The number of fused-ring (bicyclic) bond motifs is 2. The molecule has 0 saturated carbocycles. The molecule has 3 rings (SSSR count). The molecule has 3 fully saturated rings. The summed E-state index contributed by atoms with van der Waals surface area (Å²) in [4.78, 5) is 7.50. The van der Waals surface area contributed by atoms with Crippen molar-refractivity contribution in [1.82, 2.24) is 14.7 Å². The lowest BCUT2D eigenvalue weighted by atomic mass is 9.63. The molecule has 0 aromatic heterocycles. The van der Waals surface area contributed by atoms with Crippen LogP contribution in [0.25, 0.3) is 0 Å². The Morgan fingerprint density at radius 1 is 1.04 bits per heavy atom. The van der Waals surface area contributed by atoms with Gasteiger partial charge >= 0.3 is 0 Å². The summed E-state index contributed by atoms with van der Waals surface area (Å²) in [6.07, 6.45) is 2.82. The first-order valence-electron chi connectivity index (χ1n) is 9.72. The molecule has 5 nitrogen and oxygen atoms in total. The molecule has 3 heterocycles. The third kappa shape index (κ3) is 3.38. The third-order valence-electron chi connectivity index (χ3n) is 6.66. The topological polar surface area (TPSA) is 45.0 Å². The van der Waals surface area contributed by atoms with Crippen LogP contribution in [0.3, 0.4) is 0 Å². The largest absolute Gasteiger partial charge is 0.361 e. The van der Waals surface area contributed by atoms with Gasteiger partial charge in [-0.25, -0.2) is 0 Å². The number of nitrogens with zero attached hydrogens (tertiary/aromatic N) is 3. The predicted molar refractivity (Wildman–Crippen MR) is 98.9 cm³/mol. The van der Waals surface area contributed by atoms with E-state index in [9.17, 15) is 0 Å². The Balaban J connectivity index is 1.70. The molecule has 24 heavy (non-hydrogen) atoms. The number of hydrogen-bond donors (Lipinski definition) is 1. The van der Waals surface area contributed by atoms with E-state index >= 15 is 0 Å². The Hall–Kier alpha value is -0.200. The number of hydrogen-bond acceptors (Lipinski definition) is 5. The second kappa shape index (κ2) is 6.84. The van der Waals surface area contributed by atoms with Crippen molar-refractivity contribution < 1.29 is 4.74 Å². The fourth-order valence-corrected chi connectivity index (χ4v) is 6.21. The van der Waals surface area contributed by atoms with Crippen molar-refractivity contribution in [2.75, 3.05) is 60.1 Å². The zero-order chi connectivity index (χ0) is 17.5. The van der Waals surface area contributed by atoms with Gasteiger partial charge in [-0.05, 0) is 26.4 Å². The minimum Gasteiger partial charge on any atom is -0.361 e. The normalized spacial score (nSPS) is 45.0. The molecular weight excluding hydrogens is 300 g/mol. The average molecular weight is 339 g/mol. The average Bonchev–Trinajstić information content (AvgIpc) is 2.86. The van der Waals surface area contributed by atoms with Crippen LogP contribution in [0, 0.1) is 16.7 Å². The molecule has 2 N–H and O–H groups in total. The van der Waals surface area contributed by atoms with Crippen molar-refractivity contribution in [3.63, 3.8) is 0 Å².